The molecule has 0 N–H and O–H groups in total. The highest BCUT2D eigenvalue weighted by Gasteiger charge is 2.18. The molecule has 0 aliphatic heterocycles. The zero-order chi connectivity index (χ0) is 20.2. The summed E-state index contributed by atoms with van der Waals surface area (Å²) in [6.45, 7) is 0. The van der Waals surface area contributed by atoms with Crippen molar-refractivity contribution in [1.29, 1.82) is 0 Å². The average Bonchev–Trinajstić information content (AvgIpc) is 2.96. The van der Waals surface area contributed by atoms with Crippen molar-refractivity contribution < 1.29 is 9.18 Å². The molecule has 7 heteroatoms. The third kappa shape index (κ3) is 2.79. The minimum Gasteiger partial charge on any atom is -0.330 e. The number of ketones is 1. The number of hydrogen-bond acceptors (Lipinski definition) is 2. The number of aromatic nitrogens is 2. The lowest BCUT2D eigenvalue weighted by Crippen LogP contribution is -2.20. The zero-order valence-electron chi connectivity index (χ0n) is 15.1. The number of Topliss-reactive ketones (excluding diaryl/α,β-unsaturated/α-hetero) is 1. The monoisotopic (exact) mass is 460 g/mol. The van der Waals surface area contributed by atoms with Crippen molar-refractivity contribution in [2.45, 2.75) is 0 Å². The normalized spacial score (nSPS) is 11.5. The fourth-order valence-electron chi connectivity index (χ4n) is 3.64. The van der Waals surface area contributed by atoms with E-state index in [-0.39, 0.29) is 21.7 Å². The van der Waals surface area contributed by atoms with Crippen LogP contribution in [-0.4, -0.2) is 20.2 Å². The maximum absolute atomic E-state index is 13.5. The van der Waals surface area contributed by atoms with Crippen LogP contribution in [0.4, 0.5) is 4.39 Å². The minimum absolute atomic E-state index is 0.0227. The molecule has 0 fully saturated rings. The minimum atomic E-state index is -0.463. The molecule has 142 valence electrons. The number of benzene rings is 2. The Morgan fingerprint density at radius 2 is 1.79 bits per heavy atom. The maximum Gasteiger partial charge on any atom is 0.259 e. The predicted molar refractivity (Wildman–Crippen MR) is 114 cm³/mol. The van der Waals surface area contributed by atoms with E-state index in [1.54, 1.807) is 23.7 Å². The summed E-state index contributed by atoms with van der Waals surface area (Å²) >= 11 is 9.41. The highest BCUT2D eigenvalue weighted by Crippen LogP contribution is 2.33. The van der Waals surface area contributed by atoms with Crippen LogP contribution >= 0.6 is 27.5 Å². The van der Waals surface area contributed by atoms with E-state index in [0.717, 1.165) is 21.9 Å². The van der Waals surface area contributed by atoms with Gasteiger partial charge in [-0.3, -0.25) is 14.2 Å². The van der Waals surface area contributed by atoms with Crippen LogP contribution in [0.3, 0.4) is 0 Å². The molecule has 0 amide bonds. The Morgan fingerprint density at radius 3 is 2.46 bits per heavy atom. The van der Waals surface area contributed by atoms with Gasteiger partial charge in [-0.15, -0.1) is 0 Å². The summed E-state index contributed by atoms with van der Waals surface area (Å²) in [5, 5.41) is 2.09. The van der Waals surface area contributed by atoms with Crippen LogP contribution < -0.4 is 5.56 Å². The number of rotatable bonds is 3. The van der Waals surface area contributed by atoms with Crippen LogP contribution in [0.2, 0.25) is 5.02 Å². The quantitative estimate of drug-likeness (QED) is 0.316. The number of hydrogen-bond donors (Lipinski definition) is 0. The summed E-state index contributed by atoms with van der Waals surface area (Å²) < 4.78 is 16.9. The molecule has 2 aromatic carbocycles. The van der Waals surface area contributed by atoms with E-state index in [4.69, 9.17) is 11.6 Å². The molecule has 0 aliphatic carbocycles. The molecular weight excluding hydrogens is 447 g/mol. The molecule has 0 saturated carbocycles. The van der Waals surface area contributed by atoms with Crippen LogP contribution in [0.25, 0.3) is 33.1 Å². The van der Waals surface area contributed by atoms with E-state index in [1.165, 1.54) is 18.2 Å². The number of fused-ring (bicyclic) bond motifs is 3. The van der Waals surface area contributed by atoms with Crippen molar-refractivity contribution in [2.24, 2.45) is 14.1 Å². The molecule has 2 aromatic heterocycles. The Hall–Kier alpha value is -2.44. The van der Waals surface area contributed by atoms with Gasteiger partial charge in [0.25, 0.3) is 5.56 Å². The average molecular weight is 462 g/mol. The first-order chi connectivity index (χ1) is 13.3. The Kier molecular flexibility index (Phi) is 4.63. The van der Waals surface area contributed by atoms with Gasteiger partial charge in [0.05, 0.1) is 15.9 Å². The summed E-state index contributed by atoms with van der Waals surface area (Å²) in [4.78, 5) is 25.1. The van der Waals surface area contributed by atoms with Crippen LogP contribution in [0, 0.1) is 5.82 Å². The van der Waals surface area contributed by atoms with Crippen LogP contribution in [0.1, 0.15) is 10.4 Å². The second-order valence-electron chi connectivity index (χ2n) is 6.63. The van der Waals surface area contributed by atoms with Crippen molar-refractivity contribution in [2.75, 3.05) is 5.33 Å². The van der Waals surface area contributed by atoms with Crippen LogP contribution in [0.5, 0.6) is 0 Å². The lowest BCUT2D eigenvalue weighted by atomic mass is 10.0. The maximum atomic E-state index is 13.5. The Bertz CT molecular complexity index is 1340. The Labute approximate surface area is 173 Å². The second-order valence-corrected chi connectivity index (χ2v) is 7.60. The molecule has 0 saturated heterocycles. The van der Waals surface area contributed by atoms with Gasteiger partial charge in [-0.05, 0) is 42.5 Å². The molecule has 4 rings (SSSR count). The van der Waals surface area contributed by atoms with Crippen molar-refractivity contribution in [3.8, 4) is 11.1 Å². The fourth-order valence-corrected chi connectivity index (χ4v) is 4.23. The SMILES string of the molecule is Cn1c(=O)c(-c2ccc(F)cc2Cl)cc2c3cc(C(=O)CBr)ccc3n(C)c21. The summed E-state index contributed by atoms with van der Waals surface area (Å²) in [5.74, 6) is -0.486. The molecule has 0 atom stereocenters. The number of carbonyl (C=O) groups is 1. The first-order valence-electron chi connectivity index (χ1n) is 8.50. The van der Waals surface area contributed by atoms with Crippen LogP contribution in [-0.2, 0) is 14.1 Å². The zero-order valence-corrected chi connectivity index (χ0v) is 17.4. The highest BCUT2D eigenvalue weighted by atomic mass is 79.9. The van der Waals surface area contributed by atoms with E-state index < -0.39 is 5.82 Å². The smallest absolute Gasteiger partial charge is 0.259 e. The summed E-state index contributed by atoms with van der Waals surface area (Å²) in [5.41, 5.74) is 2.83. The highest BCUT2D eigenvalue weighted by molar-refractivity contribution is 9.09. The summed E-state index contributed by atoms with van der Waals surface area (Å²) in [6.07, 6.45) is 0. The van der Waals surface area contributed by atoms with Crippen molar-refractivity contribution >= 4 is 55.3 Å². The van der Waals surface area contributed by atoms with Gasteiger partial charge in [-0.25, -0.2) is 4.39 Å². The third-order valence-corrected chi connectivity index (χ3v) is 5.83. The van der Waals surface area contributed by atoms with E-state index in [2.05, 4.69) is 15.9 Å². The van der Waals surface area contributed by atoms with E-state index in [9.17, 15) is 14.0 Å². The molecule has 0 bridgehead atoms. The number of halogens is 3. The number of alkyl halides is 1. The predicted octanol–water partition coefficient (Wildman–Crippen LogP) is 5.07. The van der Waals surface area contributed by atoms with Crippen molar-refractivity contribution in [3.63, 3.8) is 0 Å². The Morgan fingerprint density at radius 1 is 1.04 bits per heavy atom. The fraction of sp³-hybridized carbons (Fsp3) is 0.143. The molecule has 4 aromatic rings. The standard InChI is InChI=1S/C21H15BrClFN2O2/c1-25-18-6-3-11(19(27)10-22)7-14(18)15-9-16(21(28)26(2)20(15)25)13-5-4-12(24)8-17(13)23/h3-9H,10H2,1-2H3. The first kappa shape index (κ1) is 18.9. The lowest BCUT2D eigenvalue weighted by molar-refractivity contribution is 0.102. The van der Waals surface area contributed by atoms with E-state index >= 15 is 0 Å². The van der Waals surface area contributed by atoms with Gasteiger partial charge in [-0.2, -0.15) is 0 Å². The number of nitrogens with zero attached hydrogens (tertiary/aromatic N) is 2. The van der Waals surface area contributed by atoms with Gasteiger partial charge in [0.2, 0.25) is 0 Å². The molecule has 0 unspecified atom stereocenters. The molecule has 2 heterocycles. The van der Waals surface area contributed by atoms with E-state index in [1.807, 2.05) is 23.7 Å². The Balaban J connectivity index is 2.12. The number of carbonyl (C=O) groups excluding carboxylic acids is 1. The van der Waals surface area contributed by atoms with Crippen LogP contribution in [0.15, 0.2) is 47.3 Å². The van der Waals surface area contributed by atoms with Gasteiger partial charge in [0, 0.05) is 41.6 Å². The number of pyridine rings is 1. The number of aryl methyl sites for hydroxylation is 2. The second kappa shape index (κ2) is 6.87. The van der Waals surface area contributed by atoms with E-state index in [0.29, 0.717) is 16.7 Å². The molecule has 0 spiro atoms. The topological polar surface area (TPSA) is 44.0 Å². The first-order valence-corrected chi connectivity index (χ1v) is 10.00. The van der Waals surface area contributed by atoms with Gasteiger partial charge in [0.1, 0.15) is 11.5 Å². The summed E-state index contributed by atoms with van der Waals surface area (Å²) in [6, 6.07) is 11.2. The largest absolute Gasteiger partial charge is 0.330 e. The molecule has 4 nitrogen and oxygen atoms in total. The molecule has 28 heavy (non-hydrogen) atoms. The molecule has 0 aliphatic rings. The van der Waals surface area contributed by atoms with Crippen molar-refractivity contribution in [3.05, 3.63) is 69.2 Å². The van der Waals surface area contributed by atoms with Crippen molar-refractivity contribution in [1.82, 2.24) is 9.13 Å². The van der Waals surface area contributed by atoms with Gasteiger partial charge < -0.3 is 4.57 Å². The molecular formula is C21H15BrClFN2O2. The molecule has 0 radical (unpaired) electrons. The summed E-state index contributed by atoms with van der Waals surface area (Å²) in [7, 11) is 3.57. The van der Waals surface area contributed by atoms with Gasteiger partial charge >= 0.3 is 0 Å². The van der Waals surface area contributed by atoms with Gasteiger partial charge in [0.15, 0.2) is 5.78 Å². The van der Waals surface area contributed by atoms with Gasteiger partial charge in [-0.1, -0.05) is 27.5 Å². The third-order valence-electron chi connectivity index (χ3n) is 5.01. The lowest BCUT2D eigenvalue weighted by Gasteiger charge is -2.09.